The van der Waals surface area contributed by atoms with Gasteiger partial charge in [0.05, 0.1) is 0 Å². The van der Waals surface area contributed by atoms with Gasteiger partial charge in [-0.05, 0) is 63.0 Å². The van der Waals surface area contributed by atoms with Crippen LogP contribution in [0.5, 0.6) is 0 Å². The van der Waals surface area contributed by atoms with Gasteiger partial charge in [0.2, 0.25) is 5.91 Å². The van der Waals surface area contributed by atoms with Crippen molar-refractivity contribution >= 4 is 11.6 Å². The highest BCUT2D eigenvalue weighted by Gasteiger charge is 2.52. The number of rotatable bonds is 2. The summed E-state index contributed by atoms with van der Waals surface area (Å²) in [5, 5.41) is 3.19. The first-order valence-electron chi connectivity index (χ1n) is 8.13. The van der Waals surface area contributed by atoms with E-state index in [0.29, 0.717) is 11.8 Å². The molecule has 1 N–H and O–H groups in total. The second kappa shape index (κ2) is 5.67. The van der Waals surface area contributed by atoms with Gasteiger partial charge < -0.3 is 5.32 Å². The minimum atomic E-state index is 0.194. The molecule has 0 saturated heterocycles. The zero-order valence-corrected chi connectivity index (χ0v) is 13.3. The fourth-order valence-electron chi connectivity index (χ4n) is 3.88. The number of nitrogens with one attached hydrogen (secondary N) is 1. The normalized spacial score (nSPS) is 29.0. The second-order valence-electron chi connectivity index (χ2n) is 6.74. The van der Waals surface area contributed by atoms with Crippen LogP contribution in [0.3, 0.4) is 0 Å². The quantitative estimate of drug-likeness (QED) is 0.793. The van der Waals surface area contributed by atoms with Gasteiger partial charge in [-0.3, -0.25) is 4.79 Å². The number of hydrogen-bond acceptors (Lipinski definition) is 1. The summed E-state index contributed by atoms with van der Waals surface area (Å²) in [5.74, 6) is 1.47. The van der Waals surface area contributed by atoms with Gasteiger partial charge in [-0.15, -0.1) is 0 Å². The standard InChI is InChI=1S/C19H25NO/c1-12-10-13(2)18(14(3)11-12)20-19(21)17-15-8-6-4-5-7-9-16(15)17/h6,8,10-11,15-17H,4-5,7,9H2,1-3H3,(H,20,21)/b8-6-. The Kier molecular flexibility index (Phi) is 3.88. The molecule has 3 rings (SSSR count). The minimum Gasteiger partial charge on any atom is -0.325 e. The molecule has 2 nitrogen and oxygen atoms in total. The molecule has 0 aromatic heterocycles. The average molecular weight is 283 g/mol. The maximum atomic E-state index is 12.6. The number of carbonyl (C=O) groups is 1. The van der Waals surface area contributed by atoms with Crippen molar-refractivity contribution in [1.82, 2.24) is 0 Å². The number of anilines is 1. The third kappa shape index (κ3) is 2.90. The molecule has 2 aliphatic rings. The van der Waals surface area contributed by atoms with Crippen LogP contribution in [0.25, 0.3) is 0 Å². The Labute approximate surface area is 127 Å². The van der Waals surface area contributed by atoms with E-state index in [1.807, 2.05) is 0 Å². The molecule has 3 atom stereocenters. The van der Waals surface area contributed by atoms with Crippen molar-refractivity contribution in [1.29, 1.82) is 0 Å². The molecule has 0 aliphatic heterocycles. The zero-order chi connectivity index (χ0) is 15.0. The average Bonchev–Trinajstić information content (AvgIpc) is 3.05. The number of fused-ring (bicyclic) bond motifs is 1. The lowest BCUT2D eigenvalue weighted by Crippen LogP contribution is -2.17. The van der Waals surface area contributed by atoms with Crippen molar-refractivity contribution in [3.8, 4) is 0 Å². The van der Waals surface area contributed by atoms with Crippen molar-refractivity contribution in [3.05, 3.63) is 41.0 Å². The summed E-state index contributed by atoms with van der Waals surface area (Å²) in [4.78, 5) is 12.6. The topological polar surface area (TPSA) is 29.1 Å². The molecule has 1 aromatic carbocycles. The zero-order valence-electron chi connectivity index (χ0n) is 13.3. The fraction of sp³-hybridized carbons (Fsp3) is 0.526. The van der Waals surface area contributed by atoms with Crippen molar-refractivity contribution in [3.63, 3.8) is 0 Å². The first-order valence-corrected chi connectivity index (χ1v) is 8.13. The Morgan fingerprint density at radius 2 is 1.86 bits per heavy atom. The molecule has 3 unspecified atom stereocenters. The van der Waals surface area contributed by atoms with Gasteiger partial charge in [0.25, 0.3) is 0 Å². The molecule has 21 heavy (non-hydrogen) atoms. The highest BCUT2D eigenvalue weighted by molar-refractivity contribution is 5.96. The second-order valence-corrected chi connectivity index (χ2v) is 6.74. The summed E-state index contributed by atoms with van der Waals surface area (Å²) in [5.41, 5.74) is 4.58. The first-order chi connectivity index (χ1) is 10.1. The van der Waals surface area contributed by atoms with E-state index >= 15 is 0 Å². The van der Waals surface area contributed by atoms with Crippen LogP contribution in [0, 0.1) is 38.5 Å². The molecular weight excluding hydrogens is 258 g/mol. The van der Waals surface area contributed by atoms with E-state index in [-0.39, 0.29) is 11.8 Å². The number of amides is 1. The molecule has 0 heterocycles. The Bertz CT molecular complexity index is 564. The van der Waals surface area contributed by atoms with Crippen LogP contribution >= 0.6 is 0 Å². The van der Waals surface area contributed by atoms with Gasteiger partial charge in [0.15, 0.2) is 0 Å². The van der Waals surface area contributed by atoms with E-state index in [1.54, 1.807) is 0 Å². The number of aryl methyl sites for hydroxylation is 3. The number of carbonyl (C=O) groups excluding carboxylic acids is 1. The van der Waals surface area contributed by atoms with Crippen LogP contribution in [0.1, 0.15) is 42.4 Å². The number of hydrogen-bond donors (Lipinski definition) is 1. The van der Waals surface area contributed by atoms with E-state index in [4.69, 9.17) is 0 Å². The molecule has 112 valence electrons. The summed E-state index contributed by atoms with van der Waals surface area (Å²) in [6.07, 6.45) is 9.46. The van der Waals surface area contributed by atoms with E-state index in [9.17, 15) is 4.79 Å². The van der Waals surface area contributed by atoms with Gasteiger partial charge in [0.1, 0.15) is 0 Å². The number of allylic oxidation sites excluding steroid dienone is 2. The monoisotopic (exact) mass is 283 g/mol. The van der Waals surface area contributed by atoms with Gasteiger partial charge in [-0.25, -0.2) is 0 Å². The molecule has 2 aliphatic carbocycles. The maximum absolute atomic E-state index is 12.6. The summed E-state index contributed by atoms with van der Waals surface area (Å²) in [6.45, 7) is 6.25. The Morgan fingerprint density at radius 1 is 1.14 bits per heavy atom. The maximum Gasteiger partial charge on any atom is 0.228 e. The van der Waals surface area contributed by atoms with Crippen LogP contribution in [0.2, 0.25) is 0 Å². The largest absolute Gasteiger partial charge is 0.325 e. The van der Waals surface area contributed by atoms with Crippen LogP contribution in [0.15, 0.2) is 24.3 Å². The Balaban J connectivity index is 1.73. The molecule has 0 spiro atoms. The van der Waals surface area contributed by atoms with E-state index in [1.165, 1.54) is 31.2 Å². The molecule has 1 fully saturated rings. The molecular formula is C19H25NO. The van der Waals surface area contributed by atoms with Crippen LogP contribution < -0.4 is 5.32 Å². The summed E-state index contributed by atoms with van der Waals surface area (Å²) in [7, 11) is 0. The number of benzene rings is 1. The molecule has 1 amide bonds. The van der Waals surface area contributed by atoms with Crippen molar-refractivity contribution in [2.45, 2.75) is 46.5 Å². The third-order valence-electron chi connectivity index (χ3n) is 4.97. The predicted octanol–water partition coefficient (Wildman–Crippen LogP) is 4.54. The van der Waals surface area contributed by atoms with Gasteiger partial charge in [-0.1, -0.05) is 36.3 Å². The van der Waals surface area contributed by atoms with E-state index < -0.39 is 0 Å². The van der Waals surface area contributed by atoms with Crippen LogP contribution in [0.4, 0.5) is 5.69 Å². The van der Waals surface area contributed by atoms with E-state index in [2.05, 4.69) is 50.4 Å². The summed E-state index contributed by atoms with van der Waals surface area (Å²) < 4.78 is 0. The van der Waals surface area contributed by atoms with Crippen molar-refractivity contribution in [2.75, 3.05) is 5.32 Å². The molecule has 1 aromatic rings. The van der Waals surface area contributed by atoms with Crippen molar-refractivity contribution < 1.29 is 4.79 Å². The van der Waals surface area contributed by atoms with Crippen LogP contribution in [-0.2, 0) is 4.79 Å². The molecule has 1 saturated carbocycles. The van der Waals surface area contributed by atoms with Gasteiger partial charge in [-0.2, -0.15) is 0 Å². The fourth-order valence-corrected chi connectivity index (χ4v) is 3.88. The lowest BCUT2D eigenvalue weighted by atomic mass is 10.0. The minimum absolute atomic E-state index is 0.194. The molecule has 0 radical (unpaired) electrons. The summed E-state index contributed by atoms with van der Waals surface area (Å²) in [6, 6.07) is 4.27. The highest BCUT2D eigenvalue weighted by atomic mass is 16.2. The summed E-state index contributed by atoms with van der Waals surface area (Å²) >= 11 is 0. The van der Waals surface area contributed by atoms with Gasteiger partial charge >= 0.3 is 0 Å². The van der Waals surface area contributed by atoms with E-state index in [0.717, 1.165) is 16.8 Å². The predicted molar refractivity (Wildman–Crippen MR) is 87.4 cm³/mol. The Hall–Kier alpha value is -1.57. The SMILES string of the molecule is Cc1cc(C)c(NC(=O)C2C3/C=C\CCCCC32)c(C)c1. The molecule has 2 heteroatoms. The smallest absolute Gasteiger partial charge is 0.228 e. The van der Waals surface area contributed by atoms with Crippen LogP contribution in [-0.4, -0.2) is 5.91 Å². The lowest BCUT2D eigenvalue weighted by Gasteiger charge is -2.13. The van der Waals surface area contributed by atoms with Crippen molar-refractivity contribution in [2.24, 2.45) is 17.8 Å². The molecule has 0 bridgehead atoms. The first kappa shape index (κ1) is 14.4. The lowest BCUT2D eigenvalue weighted by molar-refractivity contribution is -0.117. The highest BCUT2D eigenvalue weighted by Crippen LogP contribution is 2.52. The third-order valence-corrected chi connectivity index (χ3v) is 4.97. The van der Waals surface area contributed by atoms with Gasteiger partial charge in [0, 0.05) is 11.6 Å². The Morgan fingerprint density at radius 3 is 2.57 bits per heavy atom.